The van der Waals surface area contributed by atoms with Gasteiger partial charge in [0.15, 0.2) is 4.33 Å². The highest BCUT2D eigenvalue weighted by molar-refractivity contribution is 6.49. The van der Waals surface area contributed by atoms with Crippen LogP contribution in [0.25, 0.3) is 0 Å². The van der Waals surface area contributed by atoms with Crippen LogP contribution in [0.5, 0.6) is 0 Å². The van der Waals surface area contributed by atoms with Crippen LogP contribution in [-0.2, 0) is 0 Å². The van der Waals surface area contributed by atoms with Gasteiger partial charge >= 0.3 is 12.1 Å². The van der Waals surface area contributed by atoms with Crippen LogP contribution in [0.4, 0.5) is 22.0 Å². The fourth-order valence-corrected chi connectivity index (χ4v) is 1.80. The maximum Gasteiger partial charge on any atom is 0.456 e. The summed E-state index contributed by atoms with van der Waals surface area (Å²) in [5.74, 6) is -5.09. The molecular weight excluding hydrogens is 286 g/mol. The Labute approximate surface area is 107 Å². The first-order valence-electron chi connectivity index (χ1n) is 5.38. The fraction of sp³-hybridized carbons (Fsp3) is 1.00. The van der Waals surface area contributed by atoms with E-state index in [1.807, 2.05) is 6.92 Å². The van der Waals surface area contributed by atoms with Gasteiger partial charge < -0.3 is 0 Å². The lowest BCUT2D eigenvalue weighted by Gasteiger charge is -2.31. The van der Waals surface area contributed by atoms with E-state index in [1.54, 1.807) is 0 Å². The van der Waals surface area contributed by atoms with Gasteiger partial charge in [-0.2, -0.15) is 22.0 Å². The summed E-state index contributed by atoms with van der Waals surface area (Å²) in [5, 5.41) is 0. The van der Waals surface area contributed by atoms with E-state index in [1.165, 1.54) is 0 Å². The highest BCUT2D eigenvalue weighted by Gasteiger charge is 2.69. The molecule has 0 N–H and O–H groups in total. The minimum atomic E-state index is -5.72. The normalized spacial score (nSPS) is 14.1. The maximum absolute atomic E-state index is 12.9. The average molecular weight is 301 g/mol. The predicted octanol–water partition coefficient (Wildman–Crippen LogP) is 5.72. The fourth-order valence-electron chi connectivity index (χ4n) is 1.31. The molecule has 0 aliphatic heterocycles. The molecule has 0 bridgehead atoms. The third-order valence-corrected chi connectivity index (χ3v) is 3.26. The molecule has 0 heterocycles. The van der Waals surface area contributed by atoms with Gasteiger partial charge in [0.05, 0.1) is 0 Å². The molecule has 0 rings (SSSR count). The van der Waals surface area contributed by atoms with Gasteiger partial charge in [0, 0.05) is 0 Å². The molecule has 0 aromatic heterocycles. The Hall–Kier alpha value is 0.230. The Balaban J connectivity index is 4.28. The van der Waals surface area contributed by atoms with Crippen molar-refractivity contribution in [1.82, 2.24) is 0 Å². The Morgan fingerprint density at radius 2 is 1.29 bits per heavy atom. The Kier molecular flexibility index (Phi) is 6.50. The van der Waals surface area contributed by atoms with Gasteiger partial charge in [-0.25, -0.2) is 0 Å². The minimum absolute atomic E-state index is 0.151. The summed E-state index contributed by atoms with van der Waals surface area (Å²) in [4.78, 5) is 0. The molecule has 0 aromatic rings. The first-order valence-corrected chi connectivity index (χ1v) is 6.14. The van der Waals surface area contributed by atoms with Gasteiger partial charge in [0.1, 0.15) is 0 Å². The van der Waals surface area contributed by atoms with Crippen LogP contribution in [0, 0.1) is 0 Å². The zero-order chi connectivity index (χ0) is 13.7. The van der Waals surface area contributed by atoms with E-state index in [0.717, 1.165) is 19.3 Å². The number of rotatable bonds is 7. The first-order chi connectivity index (χ1) is 7.56. The highest BCUT2D eigenvalue weighted by Crippen LogP contribution is 2.51. The summed E-state index contributed by atoms with van der Waals surface area (Å²) in [5.41, 5.74) is 0. The van der Waals surface area contributed by atoms with Crippen molar-refractivity contribution in [3.63, 3.8) is 0 Å². The van der Waals surface area contributed by atoms with E-state index < -0.39 is 22.9 Å². The molecule has 0 amide bonds. The number of hydrogen-bond acceptors (Lipinski definition) is 0. The van der Waals surface area contributed by atoms with Crippen LogP contribution in [0.15, 0.2) is 0 Å². The average Bonchev–Trinajstić information content (AvgIpc) is 2.15. The molecule has 0 aliphatic rings. The molecule has 0 nitrogen and oxygen atoms in total. The monoisotopic (exact) mass is 300 g/mol. The molecule has 0 atom stereocenters. The smallest absolute Gasteiger partial charge is 0.193 e. The number of halogens is 7. The van der Waals surface area contributed by atoms with Crippen LogP contribution < -0.4 is 0 Å². The maximum atomic E-state index is 12.9. The van der Waals surface area contributed by atoms with Gasteiger partial charge in [-0.3, -0.25) is 0 Å². The molecule has 17 heavy (non-hydrogen) atoms. The second-order valence-corrected chi connectivity index (χ2v) is 5.42. The van der Waals surface area contributed by atoms with Crippen LogP contribution >= 0.6 is 23.2 Å². The Morgan fingerprint density at radius 3 is 1.71 bits per heavy atom. The number of hydrogen-bond donors (Lipinski definition) is 0. The zero-order valence-electron chi connectivity index (χ0n) is 9.39. The lowest BCUT2D eigenvalue weighted by Crippen LogP contribution is -2.50. The first kappa shape index (κ1) is 17.2. The van der Waals surface area contributed by atoms with Crippen LogP contribution in [0.3, 0.4) is 0 Å². The van der Waals surface area contributed by atoms with Crippen molar-refractivity contribution in [2.24, 2.45) is 0 Å². The summed E-state index contributed by atoms with van der Waals surface area (Å²) in [6.45, 7) is 1.96. The van der Waals surface area contributed by atoms with Crippen molar-refractivity contribution < 1.29 is 22.0 Å². The van der Waals surface area contributed by atoms with Crippen LogP contribution in [-0.4, -0.2) is 16.4 Å². The molecule has 0 fully saturated rings. The van der Waals surface area contributed by atoms with Gasteiger partial charge in [0.25, 0.3) is 0 Å². The predicted molar refractivity (Wildman–Crippen MR) is 58.8 cm³/mol. The van der Waals surface area contributed by atoms with Gasteiger partial charge in [-0.15, -0.1) is 0 Å². The quantitative estimate of drug-likeness (QED) is 0.320. The number of alkyl halides is 7. The molecule has 104 valence electrons. The van der Waals surface area contributed by atoms with E-state index >= 15 is 0 Å². The Morgan fingerprint density at radius 1 is 0.824 bits per heavy atom. The lowest BCUT2D eigenvalue weighted by molar-refractivity contribution is -0.287. The molecular formula is C10H15Cl2F5. The summed E-state index contributed by atoms with van der Waals surface area (Å²) >= 11 is 10.2. The third-order valence-electron chi connectivity index (χ3n) is 2.41. The van der Waals surface area contributed by atoms with Crippen LogP contribution in [0.2, 0.25) is 0 Å². The molecule has 7 heteroatoms. The van der Waals surface area contributed by atoms with E-state index in [4.69, 9.17) is 23.2 Å². The summed E-state index contributed by atoms with van der Waals surface area (Å²) in [6.07, 6.45) is -2.97. The van der Waals surface area contributed by atoms with Crippen molar-refractivity contribution in [2.45, 2.75) is 61.9 Å². The van der Waals surface area contributed by atoms with Crippen LogP contribution in [0.1, 0.15) is 45.4 Å². The summed E-state index contributed by atoms with van der Waals surface area (Å²) in [6, 6.07) is 0. The molecule has 0 aromatic carbocycles. The van der Waals surface area contributed by atoms with Crippen molar-refractivity contribution in [3.8, 4) is 0 Å². The molecule has 0 saturated carbocycles. The largest absolute Gasteiger partial charge is 0.456 e. The third kappa shape index (κ3) is 4.78. The van der Waals surface area contributed by atoms with Crippen molar-refractivity contribution in [3.05, 3.63) is 0 Å². The second-order valence-electron chi connectivity index (χ2n) is 3.94. The van der Waals surface area contributed by atoms with Gasteiger partial charge in [0.2, 0.25) is 0 Å². The minimum Gasteiger partial charge on any atom is -0.193 e. The Bertz CT molecular complexity index is 225. The van der Waals surface area contributed by atoms with E-state index in [-0.39, 0.29) is 6.42 Å². The standard InChI is InChI=1S/C10H15Cl2F5/c1-2-3-4-5-6-7-8(11,12)9(13,14)10(15,16)17/h2-7H2,1H3. The highest BCUT2D eigenvalue weighted by atomic mass is 35.5. The van der Waals surface area contributed by atoms with E-state index in [2.05, 4.69) is 0 Å². The SMILES string of the molecule is CCCCCCCC(Cl)(Cl)C(F)(F)C(F)(F)F. The van der Waals surface area contributed by atoms with Crippen molar-refractivity contribution in [2.75, 3.05) is 0 Å². The van der Waals surface area contributed by atoms with E-state index in [9.17, 15) is 22.0 Å². The molecule has 0 radical (unpaired) electrons. The zero-order valence-corrected chi connectivity index (χ0v) is 10.9. The molecule has 0 aliphatic carbocycles. The van der Waals surface area contributed by atoms with Crippen molar-refractivity contribution in [1.29, 1.82) is 0 Å². The molecule has 0 saturated heterocycles. The molecule has 0 unspecified atom stereocenters. The van der Waals surface area contributed by atoms with Crippen molar-refractivity contribution >= 4 is 23.2 Å². The summed E-state index contributed by atoms with van der Waals surface area (Å²) in [7, 11) is 0. The summed E-state index contributed by atoms with van der Waals surface area (Å²) < 4.78 is 58.8. The van der Waals surface area contributed by atoms with E-state index in [0.29, 0.717) is 6.42 Å². The second kappa shape index (κ2) is 6.41. The van der Waals surface area contributed by atoms with Gasteiger partial charge in [-0.1, -0.05) is 62.2 Å². The topological polar surface area (TPSA) is 0 Å². The molecule has 0 spiro atoms. The van der Waals surface area contributed by atoms with Gasteiger partial charge in [-0.05, 0) is 6.42 Å². The number of unbranched alkanes of at least 4 members (excludes halogenated alkanes) is 4. The lowest BCUT2D eigenvalue weighted by atomic mass is 10.1.